The van der Waals surface area contributed by atoms with Crippen LogP contribution in [-0.2, 0) is 14.3 Å². The van der Waals surface area contributed by atoms with Crippen LogP contribution < -0.4 is 5.32 Å². The quantitative estimate of drug-likeness (QED) is 0.508. The molecule has 3 rings (SSSR count). The molecule has 0 radical (unpaired) electrons. The average molecular weight is 467 g/mol. The van der Waals surface area contributed by atoms with E-state index in [1.165, 1.54) is 16.0 Å². The largest absolute Gasteiger partial charge is 0.480 e. The second-order valence-corrected chi connectivity index (χ2v) is 9.25. The van der Waals surface area contributed by atoms with Crippen molar-refractivity contribution in [2.24, 2.45) is 11.8 Å². The first-order valence-corrected chi connectivity index (χ1v) is 11.9. The van der Waals surface area contributed by atoms with Gasteiger partial charge in [0.2, 0.25) is 5.91 Å². The molecule has 0 saturated heterocycles. The molecule has 2 amide bonds. The van der Waals surface area contributed by atoms with E-state index in [9.17, 15) is 14.4 Å². The second kappa shape index (κ2) is 11.7. The van der Waals surface area contributed by atoms with Crippen molar-refractivity contribution < 1.29 is 24.2 Å². The summed E-state index contributed by atoms with van der Waals surface area (Å²) < 4.78 is 5.57. The molecule has 0 spiro atoms. The lowest BCUT2D eigenvalue weighted by Crippen LogP contribution is -2.40. The van der Waals surface area contributed by atoms with Gasteiger partial charge in [-0.05, 0) is 34.1 Å². The molecule has 182 valence electrons. The maximum atomic E-state index is 12.7. The zero-order valence-electron chi connectivity index (χ0n) is 20.1. The lowest BCUT2D eigenvalue weighted by Gasteiger charge is -2.25. The molecule has 1 unspecified atom stereocenters. The Bertz CT molecular complexity index is 974. The van der Waals surface area contributed by atoms with Crippen molar-refractivity contribution in [2.75, 3.05) is 26.2 Å². The Hall–Kier alpha value is -3.35. The van der Waals surface area contributed by atoms with Crippen molar-refractivity contribution >= 4 is 18.0 Å². The van der Waals surface area contributed by atoms with Crippen LogP contribution in [0, 0.1) is 11.8 Å². The van der Waals surface area contributed by atoms with Crippen LogP contribution in [0.4, 0.5) is 4.79 Å². The fraction of sp³-hybridized carbons (Fsp3) is 0.444. The van der Waals surface area contributed by atoms with Crippen LogP contribution in [0.25, 0.3) is 11.1 Å². The summed E-state index contributed by atoms with van der Waals surface area (Å²) in [4.78, 5) is 37.6. The Kier molecular flexibility index (Phi) is 8.68. The molecule has 2 N–H and O–H groups in total. The summed E-state index contributed by atoms with van der Waals surface area (Å²) in [5.74, 6) is -1.18. The zero-order chi connectivity index (χ0) is 24.7. The fourth-order valence-electron chi connectivity index (χ4n) is 4.47. The van der Waals surface area contributed by atoms with E-state index in [0.717, 1.165) is 11.1 Å². The standard InChI is InChI=1S/C27H34N2O5/c1-4-19(13-25(30)29(15-18(2)3)16-26(31)32)14-28-27(33)34-17-24-22-11-7-5-9-20(22)21-10-6-8-12-23(21)24/h5-12,18-19,24H,4,13-17H2,1-3H3,(H,28,33)(H,31,32). The monoisotopic (exact) mass is 466 g/mol. The molecule has 0 bridgehead atoms. The topological polar surface area (TPSA) is 95.9 Å². The number of ether oxygens (including phenoxy) is 1. The van der Waals surface area contributed by atoms with Gasteiger partial charge >= 0.3 is 12.1 Å². The normalized spacial score (nSPS) is 13.2. The highest BCUT2D eigenvalue weighted by atomic mass is 16.5. The minimum absolute atomic E-state index is 0.0117. The van der Waals surface area contributed by atoms with Crippen LogP contribution in [0.15, 0.2) is 48.5 Å². The highest BCUT2D eigenvalue weighted by Gasteiger charge is 2.29. The van der Waals surface area contributed by atoms with Gasteiger partial charge in [-0.1, -0.05) is 75.7 Å². The first-order valence-electron chi connectivity index (χ1n) is 11.9. The SMILES string of the molecule is CCC(CNC(=O)OCC1c2ccccc2-c2ccccc21)CC(=O)N(CC(=O)O)CC(C)C. The van der Waals surface area contributed by atoms with Crippen molar-refractivity contribution in [3.05, 3.63) is 59.7 Å². The van der Waals surface area contributed by atoms with Gasteiger partial charge in [0.15, 0.2) is 0 Å². The molecule has 0 aliphatic heterocycles. The van der Waals surface area contributed by atoms with Gasteiger partial charge in [0.25, 0.3) is 0 Å². The predicted octanol–water partition coefficient (Wildman–Crippen LogP) is 4.51. The van der Waals surface area contributed by atoms with Gasteiger partial charge in [-0.15, -0.1) is 0 Å². The third-order valence-corrected chi connectivity index (χ3v) is 6.18. The summed E-state index contributed by atoms with van der Waals surface area (Å²) in [6.07, 6.45) is 0.343. The second-order valence-electron chi connectivity index (χ2n) is 9.25. The highest BCUT2D eigenvalue weighted by Crippen LogP contribution is 2.44. The van der Waals surface area contributed by atoms with Crippen LogP contribution in [0.2, 0.25) is 0 Å². The van der Waals surface area contributed by atoms with Gasteiger partial charge in [0, 0.05) is 25.4 Å². The van der Waals surface area contributed by atoms with E-state index in [2.05, 4.69) is 29.6 Å². The van der Waals surface area contributed by atoms with Gasteiger partial charge < -0.3 is 20.1 Å². The van der Waals surface area contributed by atoms with Gasteiger partial charge in [0.05, 0.1) is 0 Å². The van der Waals surface area contributed by atoms with Crippen molar-refractivity contribution in [2.45, 2.75) is 39.5 Å². The molecule has 1 atom stereocenters. The minimum atomic E-state index is -1.03. The number of benzene rings is 2. The summed E-state index contributed by atoms with van der Waals surface area (Å²) in [7, 11) is 0. The Morgan fingerprint density at radius 2 is 1.62 bits per heavy atom. The predicted molar refractivity (Wildman–Crippen MR) is 131 cm³/mol. The number of alkyl carbamates (subject to hydrolysis) is 1. The Labute approximate surface area is 201 Å². The van der Waals surface area contributed by atoms with Crippen LogP contribution in [0.1, 0.15) is 50.7 Å². The minimum Gasteiger partial charge on any atom is -0.480 e. The number of fused-ring (bicyclic) bond motifs is 3. The Balaban J connectivity index is 1.53. The van der Waals surface area contributed by atoms with Crippen LogP contribution in [0.5, 0.6) is 0 Å². The first-order chi connectivity index (χ1) is 16.3. The summed E-state index contributed by atoms with van der Waals surface area (Å²) in [6, 6.07) is 16.3. The molecular formula is C27H34N2O5. The van der Waals surface area contributed by atoms with E-state index >= 15 is 0 Å². The van der Waals surface area contributed by atoms with E-state index < -0.39 is 12.1 Å². The number of nitrogens with zero attached hydrogens (tertiary/aromatic N) is 1. The van der Waals surface area contributed by atoms with Gasteiger partial charge in [0.1, 0.15) is 13.2 Å². The number of nitrogens with one attached hydrogen (secondary N) is 1. The number of hydrogen-bond acceptors (Lipinski definition) is 4. The van der Waals surface area contributed by atoms with Crippen LogP contribution in [0.3, 0.4) is 0 Å². The number of aliphatic carboxylic acids is 1. The first kappa shape index (κ1) is 25.3. The Morgan fingerprint density at radius 1 is 1.03 bits per heavy atom. The van der Waals surface area contributed by atoms with Gasteiger partial charge in [-0.2, -0.15) is 0 Å². The number of carbonyl (C=O) groups excluding carboxylic acids is 2. The van der Waals surface area contributed by atoms with Gasteiger partial charge in [-0.25, -0.2) is 4.79 Å². The van der Waals surface area contributed by atoms with Crippen molar-refractivity contribution in [3.63, 3.8) is 0 Å². The smallest absolute Gasteiger partial charge is 0.407 e. The number of carboxylic acid groups (broad SMARTS) is 1. The number of carboxylic acids is 1. The molecule has 7 nitrogen and oxygen atoms in total. The van der Waals surface area contributed by atoms with E-state index in [-0.39, 0.29) is 43.2 Å². The molecule has 0 saturated carbocycles. The summed E-state index contributed by atoms with van der Waals surface area (Å²) in [5.41, 5.74) is 4.64. The third-order valence-electron chi connectivity index (χ3n) is 6.18. The van der Waals surface area contributed by atoms with E-state index in [1.54, 1.807) is 0 Å². The van der Waals surface area contributed by atoms with Crippen molar-refractivity contribution in [1.82, 2.24) is 10.2 Å². The molecule has 2 aromatic carbocycles. The van der Waals surface area contributed by atoms with Crippen LogP contribution in [-0.4, -0.2) is 54.2 Å². The summed E-state index contributed by atoms with van der Waals surface area (Å²) in [5, 5.41) is 11.9. The maximum absolute atomic E-state index is 12.7. The zero-order valence-corrected chi connectivity index (χ0v) is 20.1. The molecule has 0 fully saturated rings. The summed E-state index contributed by atoms with van der Waals surface area (Å²) in [6.45, 7) is 6.43. The Morgan fingerprint density at radius 3 is 2.15 bits per heavy atom. The third kappa shape index (κ3) is 6.37. The molecule has 1 aliphatic carbocycles. The fourth-order valence-corrected chi connectivity index (χ4v) is 4.47. The van der Waals surface area contributed by atoms with Crippen molar-refractivity contribution in [3.8, 4) is 11.1 Å². The number of hydrogen-bond donors (Lipinski definition) is 2. The number of carbonyl (C=O) groups is 3. The maximum Gasteiger partial charge on any atom is 0.407 e. The molecule has 2 aromatic rings. The molecular weight excluding hydrogens is 432 g/mol. The lowest BCUT2D eigenvalue weighted by molar-refractivity contribution is -0.145. The lowest BCUT2D eigenvalue weighted by atomic mass is 9.98. The van der Waals surface area contributed by atoms with E-state index in [1.807, 2.05) is 45.0 Å². The van der Waals surface area contributed by atoms with E-state index in [0.29, 0.717) is 19.5 Å². The molecule has 7 heteroatoms. The van der Waals surface area contributed by atoms with Crippen molar-refractivity contribution in [1.29, 1.82) is 0 Å². The number of amides is 2. The molecule has 0 heterocycles. The molecule has 1 aliphatic rings. The van der Waals surface area contributed by atoms with Gasteiger partial charge in [-0.3, -0.25) is 9.59 Å². The molecule has 0 aromatic heterocycles. The van der Waals surface area contributed by atoms with E-state index in [4.69, 9.17) is 9.84 Å². The average Bonchev–Trinajstić information content (AvgIpc) is 3.13. The summed E-state index contributed by atoms with van der Waals surface area (Å²) >= 11 is 0. The van der Waals surface area contributed by atoms with Crippen LogP contribution >= 0.6 is 0 Å². The highest BCUT2D eigenvalue weighted by molar-refractivity contribution is 5.81. The molecule has 34 heavy (non-hydrogen) atoms. The number of rotatable bonds is 11.